The molecule has 0 unspecified atom stereocenters. The summed E-state index contributed by atoms with van der Waals surface area (Å²) < 4.78 is 5.07. The van der Waals surface area contributed by atoms with Crippen molar-refractivity contribution in [2.24, 2.45) is 5.16 Å². The molecule has 3 heteroatoms. The molecule has 0 N–H and O–H groups in total. The van der Waals surface area contributed by atoms with Crippen LogP contribution in [0.5, 0.6) is 5.75 Å². The molecule has 20 heavy (non-hydrogen) atoms. The lowest BCUT2D eigenvalue weighted by atomic mass is 10.1. The van der Waals surface area contributed by atoms with Crippen LogP contribution < -0.4 is 4.74 Å². The van der Waals surface area contributed by atoms with Crippen LogP contribution in [0.25, 0.3) is 6.08 Å². The van der Waals surface area contributed by atoms with Crippen molar-refractivity contribution >= 4 is 12.3 Å². The second-order valence-corrected chi connectivity index (χ2v) is 4.15. The van der Waals surface area contributed by atoms with Crippen LogP contribution in [0.3, 0.4) is 0 Å². The van der Waals surface area contributed by atoms with Gasteiger partial charge in [-0.1, -0.05) is 42.1 Å². The second kappa shape index (κ2) is 7.14. The Morgan fingerprint density at radius 1 is 1.10 bits per heavy atom. The van der Waals surface area contributed by atoms with E-state index in [9.17, 15) is 0 Å². The molecule has 0 saturated carbocycles. The van der Waals surface area contributed by atoms with Gasteiger partial charge in [0.1, 0.15) is 18.6 Å². The number of ether oxygens (including phenoxy) is 1. The van der Waals surface area contributed by atoms with Crippen molar-refractivity contribution in [1.29, 1.82) is 0 Å². The molecule has 0 spiro atoms. The van der Waals surface area contributed by atoms with Crippen LogP contribution in [0.15, 0.2) is 60.3 Å². The number of methoxy groups -OCH3 is 1. The van der Waals surface area contributed by atoms with E-state index in [0.717, 1.165) is 22.4 Å². The van der Waals surface area contributed by atoms with Crippen molar-refractivity contribution in [1.82, 2.24) is 0 Å². The van der Waals surface area contributed by atoms with Crippen molar-refractivity contribution in [3.05, 3.63) is 71.8 Å². The first kappa shape index (κ1) is 13.9. The van der Waals surface area contributed by atoms with Crippen LogP contribution in [0, 0.1) is 0 Å². The van der Waals surface area contributed by atoms with Gasteiger partial charge in [0.25, 0.3) is 0 Å². The first-order valence-electron chi connectivity index (χ1n) is 6.25. The number of hydrogen-bond acceptors (Lipinski definition) is 3. The fourth-order valence-corrected chi connectivity index (χ4v) is 1.61. The molecule has 0 fully saturated rings. The molecule has 3 nitrogen and oxygen atoms in total. The normalized spacial score (nSPS) is 10.4. The molecular formula is C17H16NO2. The fraction of sp³-hybridized carbons (Fsp3) is 0.118. The van der Waals surface area contributed by atoms with Crippen LogP contribution in [0.2, 0.25) is 0 Å². The van der Waals surface area contributed by atoms with Crippen LogP contribution in [-0.2, 0) is 11.4 Å². The van der Waals surface area contributed by atoms with Gasteiger partial charge in [-0.05, 0) is 35.4 Å². The molecule has 0 aliphatic rings. The van der Waals surface area contributed by atoms with Gasteiger partial charge in [-0.2, -0.15) is 0 Å². The SMILES string of the molecule is C=Cc1ccc(CO/N=[C]\c2ccc(OC)cc2)cc1. The highest BCUT2D eigenvalue weighted by molar-refractivity contribution is 5.79. The minimum Gasteiger partial charge on any atom is -0.497 e. The highest BCUT2D eigenvalue weighted by Gasteiger charge is 1.94. The van der Waals surface area contributed by atoms with Gasteiger partial charge in [0, 0.05) is 5.56 Å². The van der Waals surface area contributed by atoms with Crippen molar-refractivity contribution < 1.29 is 9.57 Å². The predicted octanol–water partition coefficient (Wildman–Crippen LogP) is 3.77. The molecule has 0 aromatic heterocycles. The Kier molecular flexibility index (Phi) is 4.95. The smallest absolute Gasteiger partial charge is 0.142 e. The quantitative estimate of drug-likeness (QED) is 0.588. The van der Waals surface area contributed by atoms with Gasteiger partial charge in [-0.15, -0.1) is 0 Å². The largest absolute Gasteiger partial charge is 0.497 e. The van der Waals surface area contributed by atoms with Crippen molar-refractivity contribution in [2.75, 3.05) is 7.11 Å². The van der Waals surface area contributed by atoms with E-state index in [-0.39, 0.29) is 0 Å². The van der Waals surface area contributed by atoms with E-state index in [2.05, 4.69) is 17.9 Å². The van der Waals surface area contributed by atoms with Crippen LogP contribution in [-0.4, -0.2) is 13.3 Å². The molecule has 0 aliphatic heterocycles. The zero-order valence-corrected chi connectivity index (χ0v) is 11.4. The van der Waals surface area contributed by atoms with Crippen LogP contribution in [0.1, 0.15) is 16.7 Å². The van der Waals surface area contributed by atoms with E-state index >= 15 is 0 Å². The Morgan fingerprint density at radius 2 is 1.80 bits per heavy atom. The third-order valence-corrected chi connectivity index (χ3v) is 2.78. The highest BCUT2D eigenvalue weighted by Crippen LogP contribution is 2.10. The predicted molar refractivity (Wildman–Crippen MR) is 80.9 cm³/mol. The summed E-state index contributed by atoms with van der Waals surface area (Å²) in [5, 5.41) is 3.82. The average Bonchev–Trinajstić information content (AvgIpc) is 2.53. The molecule has 0 atom stereocenters. The van der Waals surface area contributed by atoms with Gasteiger partial charge in [0.05, 0.1) is 7.11 Å². The van der Waals surface area contributed by atoms with Gasteiger partial charge in [0.15, 0.2) is 0 Å². The first-order valence-corrected chi connectivity index (χ1v) is 6.25. The molecule has 2 rings (SSSR count). The number of rotatable bonds is 6. The van der Waals surface area contributed by atoms with Crippen molar-refractivity contribution in [2.45, 2.75) is 6.61 Å². The molecule has 0 amide bonds. The summed E-state index contributed by atoms with van der Waals surface area (Å²) in [7, 11) is 1.63. The van der Waals surface area contributed by atoms with Crippen molar-refractivity contribution in [3.63, 3.8) is 0 Å². The van der Waals surface area contributed by atoms with E-state index < -0.39 is 0 Å². The van der Waals surface area contributed by atoms with Gasteiger partial charge < -0.3 is 9.57 Å². The van der Waals surface area contributed by atoms with E-state index in [1.165, 1.54) is 0 Å². The molecule has 0 saturated heterocycles. The lowest BCUT2D eigenvalue weighted by Gasteiger charge is -2.01. The van der Waals surface area contributed by atoms with Gasteiger partial charge in [-0.3, -0.25) is 0 Å². The van der Waals surface area contributed by atoms with Gasteiger partial charge in [-0.25, -0.2) is 0 Å². The first-order chi connectivity index (χ1) is 9.81. The average molecular weight is 266 g/mol. The lowest BCUT2D eigenvalue weighted by molar-refractivity contribution is 0.132. The zero-order valence-electron chi connectivity index (χ0n) is 11.4. The molecule has 2 aromatic carbocycles. The molecule has 0 bridgehead atoms. The number of hydrogen-bond donors (Lipinski definition) is 0. The monoisotopic (exact) mass is 266 g/mol. The van der Waals surface area contributed by atoms with Crippen LogP contribution in [0.4, 0.5) is 0 Å². The van der Waals surface area contributed by atoms with E-state index in [0.29, 0.717) is 6.61 Å². The van der Waals surface area contributed by atoms with E-state index in [1.54, 1.807) is 13.2 Å². The zero-order chi connectivity index (χ0) is 14.2. The molecule has 101 valence electrons. The summed E-state index contributed by atoms with van der Waals surface area (Å²) >= 11 is 0. The Hall–Kier alpha value is -2.55. The third kappa shape index (κ3) is 3.99. The Balaban J connectivity index is 1.84. The Labute approximate surface area is 119 Å². The van der Waals surface area contributed by atoms with Crippen molar-refractivity contribution in [3.8, 4) is 5.75 Å². The Morgan fingerprint density at radius 3 is 2.40 bits per heavy atom. The summed E-state index contributed by atoms with van der Waals surface area (Å²) in [6.45, 7) is 4.13. The van der Waals surface area contributed by atoms with Crippen LogP contribution >= 0.6 is 0 Å². The summed E-state index contributed by atoms with van der Waals surface area (Å²) in [6, 6.07) is 15.4. The van der Waals surface area contributed by atoms with E-state index in [4.69, 9.17) is 9.57 Å². The molecule has 0 heterocycles. The maximum Gasteiger partial charge on any atom is 0.142 e. The van der Waals surface area contributed by atoms with Gasteiger partial charge in [0.2, 0.25) is 0 Å². The molecule has 0 aliphatic carbocycles. The summed E-state index contributed by atoms with van der Waals surface area (Å²) in [6.07, 6.45) is 4.63. The number of nitrogens with zero attached hydrogens (tertiary/aromatic N) is 1. The number of benzene rings is 2. The maximum absolute atomic E-state index is 5.21. The summed E-state index contributed by atoms with van der Waals surface area (Å²) in [5.74, 6) is 0.804. The Bertz CT molecular complexity index is 571. The lowest BCUT2D eigenvalue weighted by Crippen LogP contribution is -1.89. The molecule has 2 aromatic rings. The summed E-state index contributed by atoms with van der Waals surface area (Å²) in [5.41, 5.74) is 2.98. The second-order valence-electron chi connectivity index (χ2n) is 4.15. The third-order valence-electron chi connectivity index (χ3n) is 2.78. The fourth-order valence-electron chi connectivity index (χ4n) is 1.61. The topological polar surface area (TPSA) is 30.8 Å². The minimum absolute atomic E-state index is 0.417. The van der Waals surface area contributed by atoms with Gasteiger partial charge >= 0.3 is 0 Å². The molecule has 1 radical (unpaired) electrons. The molecular weight excluding hydrogens is 250 g/mol. The highest BCUT2D eigenvalue weighted by atomic mass is 16.6. The summed E-state index contributed by atoms with van der Waals surface area (Å²) in [4.78, 5) is 5.21. The minimum atomic E-state index is 0.417. The maximum atomic E-state index is 5.21. The standard InChI is InChI=1S/C17H16NO2/c1-3-14-4-6-16(7-5-14)13-20-18-12-15-8-10-17(19-2)11-9-15/h3-11H,1,13H2,2H3. The van der Waals surface area contributed by atoms with E-state index in [1.807, 2.05) is 48.5 Å².